The Labute approximate surface area is 165 Å². The Bertz CT molecular complexity index is 1160. The number of imidazole rings is 1. The highest BCUT2D eigenvalue weighted by atomic mass is 19.1. The monoisotopic (exact) mass is 392 g/mol. The van der Waals surface area contributed by atoms with E-state index in [9.17, 15) is 4.39 Å². The number of ether oxygens (including phenoxy) is 2. The van der Waals surface area contributed by atoms with Gasteiger partial charge >= 0.3 is 0 Å². The van der Waals surface area contributed by atoms with E-state index in [1.807, 2.05) is 34.9 Å². The van der Waals surface area contributed by atoms with E-state index in [2.05, 4.69) is 15.1 Å². The first-order valence-corrected chi connectivity index (χ1v) is 9.11. The summed E-state index contributed by atoms with van der Waals surface area (Å²) in [5.74, 6) is 0.218. The fourth-order valence-electron chi connectivity index (χ4n) is 3.42. The van der Waals surface area contributed by atoms with E-state index in [-0.39, 0.29) is 23.6 Å². The lowest BCUT2D eigenvalue weighted by atomic mass is 10.1. The van der Waals surface area contributed by atoms with Crippen LogP contribution in [0.4, 0.5) is 4.39 Å². The van der Waals surface area contributed by atoms with Crippen LogP contribution in [0, 0.1) is 5.82 Å². The molecule has 0 amide bonds. The topological polar surface area (TPSA) is 75.2 Å². The van der Waals surface area contributed by atoms with E-state index < -0.39 is 5.82 Å². The van der Waals surface area contributed by atoms with Crippen molar-refractivity contribution < 1.29 is 18.4 Å². The zero-order valence-electron chi connectivity index (χ0n) is 15.6. The highest BCUT2D eigenvalue weighted by Gasteiger charge is 2.26. The minimum absolute atomic E-state index is 0.0359. The van der Waals surface area contributed by atoms with E-state index in [0.717, 1.165) is 11.3 Å². The van der Waals surface area contributed by atoms with Crippen molar-refractivity contribution >= 4 is 0 Å². The molecule has 7 nitrogen and oxygen atoms in total. The van der Waals surface area contributed by atoms with Crippen LogP contribution in [-0.4, -0.2) is 26.8 Å². The number of nitrogens with zero attached hydrogens (tertiary/aromatic N) is 4. The highest BCUT2D eigenvalue weighted by molar-refractivity contribution is 5.60. The summed E-state index contributed by atoms with van der Waals surface area (Å²) in [4.78, 5) is 8.83. The lowest BCUT2D eigenvalue weighted by Crippen LogP contribution is -2.20. The SMILES string of the molecule is COc1ccc(-c2noc(-c3ncn4c3CO[C@@H](c3ccccc3)C4)n2)cc1F. The summed E-state index contributed by atoms with van der Waals surface area (Å²) in [6, 6.07) is 14.6. The summed E-state index contributed by atoms with van der Waals surface area (Å²) in [5, 5.41) is 3.97. The first kappa shape index (κ1) is 17.6. The van der Waals surface area contributed by atoms with Crippen molar-refractivity contribution in [3.8, 4) is 28.7 Å². The molecule has 0 saturated carbocycles. The van der Waals surface area contributed by atoms with Crippen LogP contribution in [0.1, 0.15) is 17.4 Å². The van der Waals surface area contributed by atoms with Gasteiger partial charge in [-0.15, -0.1) is 0 Å². The molecule has 0 radical (unpaired) electrons. The van der Waals surface area contributed by atoms with Gasteiger partial charge in [0.05, 0.1) is 32.3 Å². The number of fused-ring (bicyclic) bond motifs is 1. The molecule has 0 unspecified atom stereocenters. The van der Waals surface area contributed by atoms with Crippen LogP contribution in [0.3, 0.4) is 0 Å². The van der Waals surface area contributed by atoms with E-state index in [0.29, 0.717) is 24.4 Å². The van der Waals surface area contributed by atoms with Gasteiger partial charge in [-0.05, 0) is 23.8 Å². The molecule has 1 atom stereocenters. The number of methoxy groups -OCH3 is 1. The smallest absolute Gasteiger partial charge is 0.278 e. The third kappa shape index (κ3) is 3.17. The Kier molecular flexibility index (Phi) is 4.33. The normalized spacial score (nSPS) is 15.9. The molecular weight excluding hydrogens is 375 g/mol. The maximum Gasteiger partial charge on any atom is 0.278 e. The minimum atomic E-state index is -0.490. The second-order valence-electron chi connectivity index (χ2n) is 6.68. The highest BCUT2D eigenvalue weighted by Crippen LogP contribution is 2.32. The van der Waals surface area contributed by atoms with Crippen LogP contribution in [0.2, 0.25) is 0 Å². The Morgan fingerprint density at radius 1 is 1.17 bits per heavy atom. The van der Waals surface area contributed by atoms with Crippen LogP contribution < -0.4 is 4.74 Å². The molecular formula is C21H17FN4O3. The lowest BCUT2D eigenvalue weighted by Gasteiger charge is -2.25. The zero-order valence-corrected chi connectivity index (χ0v) is 15.6. The van der Waals surface area contributed by atoms with Crippen molar-refractivity contribution in [1.82, 2.24) is 19.7 Å². The van der Waals surface area contributed by atoms with Crippen LogP contribution in [0.15, 0.2) is 59.4 Å². The van der Waals surface area contributed by atoms with Crippen molar-refractivity contribution in [2.45, 2.75) is 19.3 Å². The number of aromatic nitrogens is 4. The van der Waals surface area contributed by atoms with Gasteiger partial charge in [0.15, 0.2) is 17.3 Å². The van der Waals surface area contributed by atoms with E-state index >= 15 is 0 Å². The van der Waals surface area contributed by atoms with Crippen molar-refractivity contribution in [3.05, 3.63) is 71.9 Å². The van der Waals surface area contributed by atoms with Gasteiger partial charge in [-0.1, -0.05) is 35.5 Å². The summed E-state index contributed by atoms with van der Waals surface area (Å²) >= 11 is 0. The summed E-state index contributed by atoms with van der Waals surface area (Å²) in [6.45, 7) is 1.03. The summed E-state index contributed by atoms with van der Waals surface area (Å²) in [7, 11) is 1.41. The van der Waals surface area contributed by atoms with E-state index in [4.69, 9.17) is 14.0 Å². The molecule has 4 aromatic rings. The molecule has 0 bridgehead atoms. The molecule has 0 N–H and O–H groups in total. The molecule has 2 aromatic carbocycles. The first-order valence-electron chi connectivity index (χ1n) is 9.11. The summed E-state index contributed by atoms with van der Waals surface area (Å²) in [6.07, 6.45) is 1.71. The van der Waals surface area contributed by atoms with Gasteiger partial charge in [0.2, 0.25) is 5.82 Å². The molecule has 1 aliphatic heterocycles. The van der Waals surface area contributed by atoms with Gasteiger partial charge in [0.25, 0.3) is 5.89 Å². The quantitative estimate of drug-likeness (QED) is 0.522. The standard InChI is InChI=1S/C21H17FN4O3/c1-27-17-8-7-14(9-15(17)22)20-24-21(29-25-20)19-16-11-28-18(10-26(16)12-23-19)13-5-3-2-4-6-13/h2-9,12,18H,10-11H2,1H3/t18-/m1/s1. The molecule has 146 valence electrons. The number of hydrogen-bond acceptors (Lipinski definition) is 6. The second kappa shape index (κ2) is 7.14. The summed E-state index contributed by atoms with van der Waals surface area (Å²) < 4.78 is 32.4. The van der Waals surface area contributed by atoms with Crippen molar-refractivity contribution in [2.75, 3.05) is 7.11 Å². The van der Waals surface area contributed by atoms with E-state index in [1.54, 1.807) is 12.4 Å². The molecule has 5 rings (SSSR count). The van der Waals surface area contributed by atoms with Crippen LogP contribution in [0.25, 0.3) is 23.0 Å². The molecule has 0 fully saturated rings. The van der Waals surface area contributed by atoms with Crippen molar-refractivity contribution in [1.29, 1.82) is 0 Å². The molecule has 2 aromatic heterocycles. The van der Waals surface area contributed by atoms with Gasteiger partial charge in [-0.2, -0.15) is 4.98 Å². The van der Waals surface area contributed by atoms with Gasteiger partial charge in [-0.25, -0.2) is 9.37 Å². The van der Waals surface area contributed by atoms with Gasteiger partial charge < -0.3 is 18.6 Å². The van der Waals surface area contributed by atoms with Crippen LogP contribution in [0.5, 0.6) is 5.75 Å². The molecule has 0 spiro atoms. The minimum Gasteiger partial charge on any atom is -0.494 e. The predicted molar refractivity (Wildman–Crippen MR) is 101 cm³/mol. The summed E-state index contributed by atoms with van der Waals surface area (Å²) in [5.41, 5.74) is 3.05. The Morgan fingerprint density at radius 3 is 2.83 bits per heavy atom. The molecule has 0 aliphatic carbocycles. The Hall–Kier alpha value is -3.52. The van der Waals surface area contributed by atoms with Gasteiger partial charge in [0.1, 0.15) is 6.10 Å². The number of hydrogen-bond donors (Lipinski definition) is 0. The zero-order chi connectivity index (χ0) is 19.8. The third-order valence-electron chi connectivity index (χ3n) is 4.94. The molecule has 1 aliphatic rings. The predicted octanol–water partition coefficient (Wildman–Crippen LogP) is 4.02. The number of benzene rings is 2. The van der Waals surface area contributed by atoms with Gasteiger partial charge in [0, 0.05) is 5.56 Å². The maximum atomic E-state index is 14.0. The molecule has 0 saturated heterocycles. The fourth-order valence-corrected chi connectivity index (χ4v) is 3.42. The maximum absolute atomic E-state index is 14.0. The average molecular weight is 392 g/mol. The van der Waals surface area contributed by atoms with E-state index in [1.165, 1.54) is 19.2 Å². The Morgan fingerprint density at radius 2 is 2.03 bits per heavy atom. The van der Waals surface area contributed by atoms with Gasteiger partial charge in [-0.3, -0.25) is 0 Å². The Balaban J connectivity index is 1.41. The second-order valence-corrected chi connectivity index (χ2v) is 6.68. The fraction of sp³-hybridized carbons (Fsp3) is 0.190. The van der Waals surface area contributed by atoms with Crippen molar-refractivity contribution in [3.63, 3.8) is 0 Å². The number of halogens is 1. The molecule has 8 heteroatoms. The van der Waals surface area contributed by atoms with Crippen LogP contribution in [-0.2, 0) is 17.9 Å². The third-order valence-corrected chi connectivity index (χ3v) is 4.94. The van der Waals surface area contributed by atoms with Crippen molar-refractivity contribution in [2.24, 2.45) is 0 Å². The molecule has 29 heavy (non-hydrogen) atoms. The average Bonchev–Trinajstić information content (AvgIpc) is 3.41. The van der Waals surface area contributed by atoms with Crippen LogP contribution >= 0.6 is 0 Å². The lowest BCUT2D eigenvalue weighted by molar-refractivity contribution is 0.00330. The first-order chi connectivity index (χ1) is 14.2. The molecule has 3 heterocycles. The largest absolute Gasteiger partial charge is 0.494 e. The number of rotatable bonds is 4.